The van der Waals surface area contributed by atoms with Crippen LogP contribution in [0.25, 0.3) is 22.7 Å². The maximum absolute atomic E-state index is 10.9. The Balaban J connectivity index is 1.42. The quantitative estimate of drug-likeness (QED) is 0.463. The number of nitrogens with one attached hydrogen (secondary N) is 1. The molecule has 152 valence electrons. The summed E-state index contributed by atoms with van der Waals surface area (Å²) in [6, 6.07) is 16.9. The number of hydrogen-bond acceptors (Lipinski definition) is 7. The van der Waals surface area contributed by atoms with E-state index in [9.17, 15) is 4.79 Å². The molecular formula is C22H20N4O4. The van der Waals surface area contributed by atoms with Gasteiger partial charge in [0.1, 0.15) is 0 Å². The highest BCUT2D eigenvalue weighted by Crippen LogP contribution is 2.29. The molecule has 4 rings (SSSR count). The van der Waals surface area contributed by atoms with Gasteiger partial charge in [-0.1, -0.05) is 6.07 Å². The number of anilines is 1. The molecule has 8 heteroatoms. The molecule has 0 aliphatic heterocycles. The zero-order chi connectivity index (χ0) is 20.9. The molecule has 0 aliphatic carbocycles. The fraction of sp³-hybridized carbons (Fsp3) is 0.136. The molecule has 0 aliphatic rings. The predicted molar refractivity (Wildman–Crippen MR) is 112 cm³/mol. The number of rotatable bonds is 8. The first-order chi connectivity index (χ1) is 14.6. The number of nitrogens with two attached hydrogens (primary N) is 1. The van der Waals surface area contributed by atoms with Gasteiger partial charge >= 0.3 is 0 Å². The van der Waals surface area contributed by atoms with E-state index in [1.165, 1.54) is 0 Å². The summed E-state index contributed by atoms with van der Waals surface area (Å²) in [7, 11) is 1.55. The Hall–Kier alpha value is -4.07. The molecule has 0 unspecified atom stereocenters. The minimum absolute atomic E-state index is 0.198. The van der Waals surface area contributed by atoms with Crippen molar-refractivity contribution in [2.45, 2.75) is 6.54 Å². The van der Waals surface area contributed by atoms with Crippen molar-refractivity contribution in [3.63, 3.8) is 0 Å². The Morgan fingerprint density at radius 3 is 2.70 bits per heavy atom. The van der Waals surface area contributed by atoms with E-state index in [2.05, 4.69) is 15.3 Å². The molecule has 0 fully saturated rings. The van der Waals surface area contributed by atoms with Crippen molar-refractivity contribution in [2.75, 3.05) is 19.0 Å². The zero-order valence-corrected chi connectivity index (χ0v) is 16.3. The molecule has 0 bridgehead atoms. The molecule has 4 aromatic rings. The van der Waals surface area contributed by atoms with E-state index in [0.717, 1.165) is 16.8 Å². The maximum atomic E-state index is 10.9. The highest BCUT2D eigenvalue weighted by molar-refractivity contribution is 5.75. The first kappa shape index (κ1) is 19.3. The molecule has 2 aromatic heterocycles. The normalized spacial score (nSPS) is 10.7. The number of primary amides is 1. The summed E-state index contributed by atoms with van der Waals surface area (Å²) in [4.78, 5) is 19.5. The molecular weight excluding hydrogens is 384 g/mol. The topological polar surface area (TPSA) is 112 Å². The number of aromatic nitrogens is 2. The van der Waals surface area contributed by atoms with Crippen LogP contribution in [0.15, 0.2) is 65.2 Å². The van der Waals surface area contributed by atoms with Crippen molar-refractivity contribution in [3.05, 3.63) is 66.4 Å². The van der Waals surface area contributed by atoms with Crippen LogP contribution in [-0.2, 0) is 11.3 Å². The summed E-state index contributed by atoms with van der Waals surface area (Å²) in [5.74, 6) is 1.000. The zero-order valence-electron chi connectivity index (χ0n) is 16.3. The third-order valence-corrected chi connectivity index (χ3v) is 4.39. The molecule has 0 radical (unpaired) electrons. The number of amides is 1. The number of oxazole rings is 1. The van der Waals surface area contributed by atoms with E-state index in [0.29, 0.717) is 35.2 Å². The van der Waals surface area contributed by atoms with Crippen LogP contribution < -0.4 is 20.5 Å². The van der Waals surface area contributed by atoms with Gasteiger partial charge in [0.2, 0.25) is 5.89 Å². The lowest BCUT2D eigenvalue weighted by molar-refractivity contribution is -0.119. The number of benzene rings is 2. The average molecular weight is 404 g/mol. The van der Waals surface area contributed by atoms with Crippen molar-refractivity contribution < 1.29 is 18.7 Å². The molecule has 1 amide bonds. The predicted octanol–water partition coefficient (Wildman–Crippen LogP) is 3.37. The highest BCUT2D eigenvalue weighted by Gasteiger charge is 2.09. The fourth-order valence-electron chi connectivity index (χ4n) is 2.92. The van der Waals surface area contributed by atoms with Crippen molar-refractivity contribution in [2.24, 2.45) is 5.73 Å². The summed E-state index contributed by atoms with van der Waals surface area (Å²) in [5, 5.41) is 3.35. The minimum Gasteiger partial charge on any atom is -0.493 e. The van der Waals surface area contributed by atoms with Gasteiger partial charge in [-0.2, -0.15) is 4.98 Å². The lowest BCUT2D eigenvalue weighted by atomic mass is 10.1. The van der Waals surface area contributed by atoms with E-state index < -0.39 is 5.91 Å². The van der Waals surface area contributed by atoms with E-state index in [4.69, 9.17) is 19.6 Å². The van der Waals surface area contributed by atoms with Crippen LogP contribution >= 0.6 is 0 Å². The van der Waals surface area contributed by atoms with E-state index >= 15 is 0 Å². The maximum Gasteiger partial charge on any atom is 0.255 e. The van der Waals surface area contributed by atoms with E-state index in [-0.39, 0.29) is 6.61 Å². The van der Waals surface area contributed by atoms with Gasteiger partial charge in [-0.05, 0) is 54.1 Å². The van der Waals surface area contributed by atoms with Gasteiger partial charge in [0, 0.05) is 24.0 Å². The van der Waals surface area contributed by atoms with Crippen molar-refractivity contribution in [1.29, 1.82) is 0 Å². The van der Waals surface area contributed by atoms with Crippen molar-refractivity contribution in [3.8, 4) is 23.0 Å². The molecule has 8 nitrogen and oxygen atoms in total. The highest BCUT2D eigenvalue weighted by atomic mass is 16.5. The monoisotopic (exact) mass is 404 g/mol. The van der Waals surface area contributed by atoms with Crippen LogP contribution in [0.1, 0.15) is 5.56 Å². The Morgan fingerprint density at radius 2 is 1.97 bits per heavy atom. The van der Waals surface area contributed by atoms with Gasteiger partial charge in [-0.3, -0.25) is 4.79 Å². The van der Waals surface area contributed by atoms with Gasteiger partial charge in [-0.25, -0.2) is 4.98 Å². The van der Waals surface area contributed by atoms with Crippen LogP contribution in [0.5, 0.6) is 11.5 Å². The molecule has 0 spiro atoms. The molecule has 0 atom stereocenters. The summed E-state index contributed by atoms with van der Waals surface area (Å²) in [6.45, 7) is 0.384. The summed E-state index contributed by atoms with van der Waals surface area (Å²) in [6.07, 6.45) is 1.69. The number of ether oxygens (including phenoxy) is 2. The van der Waals surface area contributed by atoms with Crippen molar-refractivity contribution in [1.82, 2.24) is 9.97 Å². The first-order valence-electron chi connectivity index (χ1n) is 9.26. The molecule has 0 saturated carbocycles. The number of fused-ring (bicyclic) bond motifs is 1. The average Bonchev–Trinajstić information content (AvgIpc) is 3.21. The molecule has 30 heavy (non-hydrogen) atoms. The van der Waals surface area contributed by atoms with Crippen LogP contribution in [0.2, 0.25) is 0 Å². The second kappa shape index (κ2) is 8.52. The second-order valence-corrected chi connectivity index (χ2v) is 6.52. The number of methoxy groups -OCH3 is 1. The van der Waals surface area contributed by atoms with Crippen LogP contribution in [0, 0.1) is 0 Å². The molecule has 2 aromatic carbocycles. The van der Waals surface area contributed by atoms with Crippen molar-refractivity contribution >= 4 is 22.8 Å². The number of nitrogens with zero attached hydrogens (tertiary/aromatic N) is 2. The second-order valence-electron chi connectivity index (χ2n) is 6.52. The summed E-state index contributed by atoms with van der Waals surface area (Å²) in [5.41, 5.74) is 9.17. The van der Waals surface area contributed by atoms with Gasteiger partial charge in [0.25, 0.3) is 5.91 Å². The van der Waals surface area contributed by atoms with Gasteiger partial charge < -0.3 is 24.9 Å². The minimum atomic E-state index is -0.541. The Morgan fingerprint density at radius 1 is 1.13 bits per heavy atom. The van der Waals surface area contributed by atoms with E-state index in [1.54, 1.807) is 19.4 Å². The van der Waals surface area contributed by atoms with Crippen LogP contribution in [0.4, 0.5) is 5.69 Å². The summed E-state index contributed by atoms with van der Waals surface area (Å²) >= 11 is 0. The van der Waals surface area contributed by atoms with Crippen LogP contribution in [0.3, 0.4) is 0 Å². The Bertz CT molecular complexity index is 1140. The Kier molecular flexibility index (Phi) is 5.47. The lowest BCUT2D eigenvalue weighted by Crippen LogP contribution is -2.20. The number of carbonyl (C=O) groups excluding carboxylic acids is 1. The Labute approximate surface area is 172 Å². The molecule has 2 heterocycles. The van der Waals surface area contributed by atoms with Crippen LogP contribution in [-0.4, -0.2) is 29.6 Å². The number of hydrogen-bond donors (Lipinski definition) is 2. The largest absolute Gasteiger partial charge is 0.493 e. The molecule has 0 saturated heterocycles. The number of pyridine rings is 1. The van der Waals surface area contributed by atoms with Gasteiger partial charge in [-0.15, -0.1) is 0 Å². The number of carbonyl (C=O) groups is 1. The third-order valence-electron chi connectivity index (χ3n) is 4.39. The standard InChI is InChI=1S/C22H20N4O4/c1-28-19-11-14(4-9-17(19)29-13-20(23)27)12-25-16-7-5-15(6-8-16)22-26-21-18(30-22)3-2-10-24-21/h2-11,25H,12-13H2,1H3,(H2,23,27). The third kappa shape index (κ3) is 4.33. The van der Waals surface area contributed by atoms with E-state index in [1.807, 2.05) is 48.5 Å². The van der Waals surface area contributed by atoms with Gasteiger partial charge in [0.15, 0.2) is 29.3 Å². The summed E-state index contributed by atoms with van der Waals surface area (Å²) < 4.78 is 16.4. The molecule has 3 N–H and O–H groups in total. The smallest absolute Gasteiger partial charge is 0.255 e. The fourth-order valence-corrected chi connectivity index (χ4v) is 2.92. The van der Waals surface area contributed by atoms with Gasteiger partial charge in [0.05, 0.1) is 7.11 Å². The first-order valence-corrected chi connectivity index (χ1v) is 9.26. The SMILES string of the molecule is COc1cc(CNc2ccc(-c3nc4ncccc4o3)cc2)ccc1OCC(N)=O. The lowest BCUT2D eigenvalue weighted by Gasteiger charge is -2.12.